The number of thioether (sulfide) groups is 1. The highest BCUT2D eigenvalue weighted by Gasteiger charge is 2.11. The van der Waals surface area contributed by atoms with Crippen molar-refractivity contribution in [1.29, 1.82) is 5.26 Å². The van der Waals surface area contributed by atoms with Crippen LogP contribution in [0.25, 0.3) is 0 Å². The zero-order valence-corrected chi connectivity index (χ0v) is 10.4. The fraction of sp³-hybridized carbons (Fsp3) is 0.250. The van der Waals surface area contributed by atoms with Crippen LogP contribution in [0.4, 0.5) is 0 Å². The summed E-state index contributed by atoms with van der Waals surface area (Å²) in [4.78, 5) is 0. The molecule has 2 aromatic heterocycles. The maximum atomic E-state index is 9.13. The van der Waals surface area contributed by atoms with E-state index in [4.69, 9.17) is 9.68 Å². The molecule has 0 saturated carbocycles. The summed E-state index contributed by atoms with van der Waals surface area (Å²) in [6.45, 7) is 3.74. The molecule has 4 nitrogen and oxygen atoms in total. The Morgan fingerprint density at radius 1 is 1.41 bits per heavy atom. The summed E-state index contributed by atoms with van der Waals surface area (Å²) in [7, 11) is 0. The van der Waals surface area contributed by atoms with Gasteiger partial charge in [-0.15, -0.1) is 5.10 Å². The molecule has 2 rings (SSSR count). The van der Waals surface area contributed by atoms with E-state index in [0.29, 0.717) is 16.3 Å². The van der Waals surface area contributed by atoms with E-state index >= 15 is 0 Å². The lowest BCUT2D eigenvalue weighted by molar-refractivity contribution is 0.530. The summed E-state index contributed by atoms with van der Waals surface area (Å²) >= 11 is 1.46. The molecule has 0 N–H and O–H groups in total. The first-order valence-corrected chi connectivity index (χ1v) is 6.10. The smallest absolute Gasteiger partial charge is 0.137 e. The third-order valence-corrected chi connectivity index (χ3v) is 3.45. The minimum atomic E-state index is 0.606. The van der Waals surface area contributed by atoms with Gasteiger partial charge >= 0.3 is 0 Å². The highest BCUT2D eigenvalue weighted by Crippen LogP contribution is 2.26. The minimum absolute atomic E-state index is 0.606. The summed E-state index contributed by atoms with van der Waals surface area (Å²) < 4.78 is 5.23. The van der Waals surface area contributed by atoms with Gasteiger partial charge in [-0.05, 0) is 31.5 Å². The Balaban J connectivity index is 2.22. The summed E-state index contributed by atoms with van der Waals surface area (Å²) in [6.07, 6.45) is 1.63. The van der Waals surface area contributed by atoms with Crippen molar-refractivity contribution >= 4 is 11.8 Å². The van der Waals surface area contributed by atoms with Crippen LogP contribution in [-0.2, 0) is 5.75 Å². The first-order chi connectivity index (χ1) is 8.22. The molecule has 0 aromatic carbocycles. The summed E-state index contributed by atoms with van der Waals surface area (Å²) in [5.41, 5.74) is 2.29. The van der Waals surface area contributed by atoms with Gasteiger partial charge in [-0.3, -0.25) is 0 Å². The quantitative estimate of drug-likeness (QED) is 0.778. The molecule has 0 spiro atoms. The highest BCUT2D eigenvalue weighted by atomic mass is 32.2. The summed E-state index contributed by atoms with van der Waals surface area (Å²) in [5.74, 6) is 1.51. The number of nitriles is 1. The van der Waals surface area contributed by atoms with Gasteiger partial charge in [0, 0.05) is 0 Å². The van der Waals surface area contributed by atoms with E-state index in [2.05, 4.69) is 16.3 Å². The fourth-order valence-electron chi connectivity index (χ4n) is 1.35. The lowest BCUT2D eigenvalue weighted by atomic mass is 10.1. The predicted molar refractivity (Wildman–Crippen MR) is 64.5 cm³/mol. The molecule has 5 heteroatoms. The molecule has 0 atom stereocenters. The molecular formula is C12H11N3OS. The number of aryl methyl sites for hydroxylation is 1. The molecule has 0 aliphatic rings. The van der Waals surface area contributed by atoms with Crippen LogP contribution in [-0.4, -0.2) is 10.2 Å². The molecule has 0 unspecified atom stereocenters. The van der Waals surface area contributed by atoms with Gasteiger partial charge in [0.05, 0.1) is 23.3 Å². The van der Waals surface area contributed by atoms with E-state index in [1.54, 1.807) is 6.26 Å². The zero-order valence-electron chi connectivity index (χ0n) is 9.60. The second kappa shape index (κ2) is 5.02. The number of nitrogens with zero attached hydrogens (tertiary/aromatic N) is 3. The van der Waals surface area contributed by atoms with Gasteiger partial charge in [0.15, 0.2) is 0 Å². The zero-order chi connectivity index (χ0) is 12.3. The Labute approximate surface area is 104 Å². The van der Waals surface area contributed by atoms with Crippen molar-refractivity contribution in [1.82, 2.24) is 10.2 Å². The lowest BCUT2D eigenvalue weighted by Crippen LogP contribution is -1.98. The average molecular weight is 245 g/mol. The Bertz CT molecular complexity index is 558. The van der Waals surface area contributed by atoms with Crippen LogP contribution in [0.15, 0.2) is 27.8 Å². The topological polar surface area (TPSA) is 62.7 Å². The van der Waals surface area contributed by atoms with Gasteiger partial charge in [0.2, 0.25) is 0 Å². The molecule has 0 fully saturated rings. The lowest BCUT2D eigenvalue weighted by Gasteiger charge is -2.05. The van der Waals surface area contributed by atoms with Gasteiger partial charge in [-0.2, -0.15) is 10.4 Å². The van der Waals surface area contributed by atoms with E-state index in [1.165, 1.54) is 11.8 Å². The van der Waals surface area contributed by atoms with Gasteiger partial charge in [-0.25, -0.2) is 0 Å². The van der Waals surface area contributed by atoms with Crippen molar-refractivity contribution < 1.29 is 4.42 Å². The van der Waals surface area contributed by atoms with Gasteiger partial charge in [0.1, 0.15) is 16.9 Å². The first-order valence-electron chi connectivity index (χ1n) is 5.11. The molecule has 0 amide bonds. The van der Waals surface area contributed by atoms with Crippen molar-refractivity contribution in [2.45, 2.75) is 24.6 Å². The summed E-state index contributed by atoms with van der Waals surface area (Å²) in [5, 5.41) is 17.9. The number of furan rings is 1. The van der Waals surface area contributed by atoms with E-state index in [9.17, 15) is 0 Å². The van der Waals surface area contributed by atoms with Crippen molar-refractivity contribution in [2.75, 3.05) is 0 Å². The maximum absolute atomic E-state index is 9.13. The maximum Gasteiger partial charge on any atom is 0.137 e. The third-order valence-electron chi connectivity index (χ3n) is 2.47. The van der Waals surface area contributed by atoms with Gasteiger partial charge in [-0.1, -0.05) is 11.8 Å². The molecule has 2 aromatic rings. The number of aromatic nitrogens is 2. The van der Waals surface area contributed by atoms with Crippen LogP contribution in [0.2, 0.25) is 0 Å². The Hall–Kier alpha value is -1.80. The van der Waals surface area contributed by atoms with E-state index in [-0.39, 0.29) is 0 Å². The van der Waals surface area contributed by atoms with Crippen molar-refractivity contribution in [3.8, 4) is 6.07 Å². The van der Waals surface area contributed by atoms with Gasteiger partial charge in [0.25, 0.3) is 0 Å². The van der Waals surface area contributed by atoms with Crippen LogP contribution in [0.3, 0.4) is 0 Å². The molecule has 2 heterocycles. The Morgan fingerprint density at radius 3 is 2.88 bits per heavy atom. The summed E-state index contributed by atoms with van der Waals surface area (Å²) in [6, 6.07) is 5.92. The van der Waals surface area contributed by atoms with E-state index in [1.807, 2.05) is 26.0 Å². The van der Waals surface area contributed by atoms with E-state index in [0.717, 1.165) is 17.0 Å². The average Bonchev–Trinajstić information content (AvgIpc) is 2.83. The monoisotopic (exact) mass is 245 g/mol. The third kappa shape index (κ3) is 2.48. The van der Waals surface area contributed by atoms with E-state index < -0.39 is 0 Å². The molecule has 17 heavy (non-hydrogen) atoms. The van der Waals surface area contributed by atoms with Crippen LogP contribution in [0.1, 0.15) is 22.6 Å². The normalized spacial score (nSPS) is 10.2. The number of hydrogen-bond donors (Lipinski definition) is 0. The first kappa shape index (κ1) is 11.7. The fourth-order valence-corrected chi connectivity index (χ4v) is 2.24. The van der Waals surface area contributed by atoms with Crippen LogP contribution in [0, 0.1) is 25.2 Å². The molecule has 0 bridgehead atoms. The molecule has 0 aliphatic carbocycles. The number of rotatable bonds is 3. The molecule has 0 aliphatic heterocycles. The Kier molecular flexibility index (Phi) is 3.45. The molecule has 86 valence electrons. The Morgan fingerprint density at radius 2 is 2.24 bits per heavy atom. The van der Waals surface area contributed by atoms with Crippen molar-refractivity contribution in [3.05, 3.63) is 41.0 Å². The predicted octanol–water partition coefficient (Wildman–Crippen LogP) is 2.85. The molecule has 0 saturated heterocycles. The minimum Gasteiger partial charge on any atom is -0.468 e. The SMILES string of the molecule is Cc1nnc(SCc2ccco2)c(C#N)c1C. The second-order valence-electron chi connectivity index (χ2n) is 3.57. The van der Waals surface area contributed by atoms with Crippen LogP contribution >= 0.6 is 11.8 Å². The molecular weight excluding hydrogens is 234 g/mol. The van der Waals surface area contributed by atoms with Crippen LogP contribution in [0.5, 0.6) is 0 Å². The van der Waals surface area contributed by atoms with Crippen molar-refractivity contribution in [3.63, 3.8) is 0 Å². The largest absolute Gasteiger partial charge is 0.468 e. The van der Waals surface area contributed by atoms with Crippen LogP contribution < -0.4 is 0 Å². The second-order valence-corrected chi connectivity index (χ2v) is 4.53. The highest BCUT2D eigenvalue weighted by molar-refractivity contribution is 7.98. The standard InChI is InChI=1S/C12H11N3OS/c1-8-9(2)14-15-12(11(8)6-13)17-7-10-4-3-5-16-10/h3-5H,7H2,1-2H3. The van der Waals surface area contributed by atoms with Gasteiger partial charge < -0.3 is 4.42 Å². The molecule has 0 radical (unpaired) electrons. The number of hydrogen-bond acceptors (Lipinski definition) is 5. The van der Waals surface area contributed by atoms with Crippen molar-refractivity contribution in [2.24, 2.45) is 0 Å².